The van der Waals surface area contributed by atoms with Gasteiger partial charge in [-0.05, 0) is 23.8 Å². The highest BCUT2D eigenvalue weighted by Gasteiger charge is 2.31. The van der Waals surface area contributed by atoms with E-state index in [1.54, 1.807) is 0 Å². The monoisotopic (exact) mass is 248 g/mol. The number of rotatable bonds is 2. The molecular formula is C14H16O4. The van der Waals surface area contributed by atoms with Crippen LogP contribution in [-0.2, 0) is 9.47 Å². The highest BCUT2D eigenvalue weighted by atomic mass is 16.7. The minimum Gasteiger partial charge on any atom is -0.449 e. The van der Waals surface area contributed by atoms with E-state index in [2.05, 4.69) is 0 Å². The van der Waals surface area contributed by atoms with Gasteiger partial charge in [-0.1, -0.05) is 12.1 Å². The van der Waals surface area contributed by atoms with Crippen molar-refractivity contribution in [3.63, 3.8) is 0 Å². The normalized spacial score (nSPS) is 21.9. The summed E-state index contributed by atoms with van der Waals surface area (Å²) in [6.07, 6.45) is 3.63. The summed E-state index contributed by atoms with van der Waals surface area (Å²) >= 11 is 0. The second-order valence-corrected chi connectivity index (χ2v) is 4.78. The highest BCUT2D eigenvalue weighted by Crippen LogP contribution is 2.39. The number of fused-ring (bicyclic) bond motifs is 1. The largest absolute Gasteiger partial charge is 0.449 e. The molecule has 0 aromatic heterocycles. The molecule has 0 radical (unpaired) electrons. The van der Waals surface area contributed by atoms with Gasteiger partial charge in [-0.2, -0.15) is 0 Å². The van der Waals surface area contributed by atoms with E-state index >= 15 is 0 Å². The zero-order valence-corrected chi connectivity index (χ0v) is 10.5. The minimum atomic E-state index is -0.581. The van der Waals surface area contributed by atoms with E-state index in [0.717, 1.165) is 17.1 Å². The van der Waals surface area contributed by atoms with Crippen molar-refractivity contribution >= 4 is 6.08 Å². The Kier molecular flexibility index (Phi) is 2.76. The Balaban J connectivity index is 1.75. The van der Waals surface area contributed by atoms with Gasteiger partial charge >= 0.3 is 0 Å². The molecule has 1 aromatic carbocycles. The van der Waals surface area contributed by atoms with Gasteiger partial charge in [0.2, 0.25) is 5.79 Å². The Morgan fingerprint density at radius 1 is 1.11 bits per heavy atom. The van der Waals surface area contributed by atoms with E-state index in [0.29, 0.717) is 13.2 Å². The van der Waals surface area contributed by atoms with Gasteiger partial charge in [0.25, 0.3) is 0 Å². The first-order chi connectivity index (χ1) is 8.62. The molecule has 0 unspecified atom stereocenters. The van der Waals surface area contributed by atoms with Gasteiger partial charge in [-0.3, -0.25) is 0 Å². The summed E-state index contributed by atoms with van der Waals surface area (Å²) in [6, 6.07) is 5.85. The fourth-order valence-electron chi connectivity index (χ4n) is 2.02. The predicted octanol–water partition coefficient (Wildman–Crippen LogP) is 2.58. The summed E-state index contributed by atoms with van der Waals surface area (Å²) in [5.41, 5.74) is 1.04. The van der Waals surface area contributed by atoms with Crippen molar-refractivity contribution < 1.29 is 18.9 Å². The third-order valence-electron chi connectivity index (χ3n) is 2.77. The first-order valence-corrected chi connectivity index (χ1v) is 6.06. The Morgan fingerprint density at radius 3 is 2.61 bits per heavy atom. The molecule has 4 heteroatoms. The van der Waals surface area contributed by atoms with Crippen molar-refractivity contribution in [2.45, 2.75) is 25.9 Å². The zero-order chi connectivity index (χ0) is 12.6. The summed E-state index contributed by atoms with van der Waals surface area (Å²) in [4.78, 5) is 0. The lowest BCUT2D eigenvalue weighted by atomic mass is 10.2. The van der Waals surface area contributed by atoms with Gasteiger partial charge in [-0.25, -0.2) is 0 Å². The van der Waals surface area contributed by atoms with Crippen LogP contribution in [0.4, 0.5) is 0 Å². The Morgan fingerprint density at radius 2 is 1.83 bits per heavy atom. The molecule has 96 valence electrons. The van der Waals surface area contributed by atoms with Gasteiger partial charge in [0.05, 0.1) is 13.2 Å². The van der Waals surface area contributed by atoms with Crippen molar-refractivity contribution in [3.8, 4) is 11.5 Å². The average Bonchev–Trinajstić information content (AvgIpc) is 2.90. The maximum Gasteiger partial charge on any atom is 0.246 e. The van der Waals surface area contributed by atoms with Crippen molar-refractivity contribution in [1.29, 1.82) is 0 Å². The molecule has 3 rings (SSSR count). The lowest BCUT2D eigenvalue weighted by Crippen LogP contribution is -2.29. The average molecular weight is 248 g/mol. The van der Waals surface area contributed by atoms with Crippen molar-refractivity contribution in [2.24, 2.45) is 0 Å². The number of benzene rings is 1. The molecule has 1 fully saturated rings. The van der Waals surface area contributed by atoms with Crippen LogP contribution < -0.4 is 9.47 Å². The van der Waals surface area contributed by atoms with Crippen LogP contribution in [0.25, 0.3) is 6.08 Å². The lowest BCUT2D eigenvalue weighted by molar-refractivity contribution is -0.0431. The standard InChI is InChI=1S/C14H16O4/c1-14(2)17-11-5-3-10(9-12(11)18-14)4-6-13-15-7-8-16-13/h3-6,9,13H,7-8H2,1-2H3/b6-4+. The highest BCUT2D eigenvalue weighted by molar-refractivity contribution is 5.57. The number of hydrogen-bond donors (Lipinski definition) is 0. The molecular weight excluding hydrogens is 232 g/mol. The second-order valence-electron chi connectivity index (χ2n) is 4.78. The first kappa shape index (κ1) is 11.6. The summed E-state index contributed by atoms with van der Waals surface area (Å²) in [6.45, 7) is 5.10. The molecule has 0 aliphatic carbocycles. The van der Waals surface area contributed by atoms with Crippen LogP contribution in [0.5, 0.6) is 11.5 Å². The SMILES string of the molecule is CC1(C)Oc2ccc(/C=C/C3OCCO3)cc2O1. The maximum atomic E-state index is 5.69. The number of ether oxygens (including phenoxy) is 4. The molecule has 0 bridgehead atoms. The molecule has 18 heavy (non-hydrogen) atoms. The summed E-state index contributed by atoms with van der Waals surface area (Å²) < 4.78 is 22.0. The molecule has 0 atom stereocenters. The Labute approximate surface area is 106 Å². The van der Waals surface area contributed by atoms with Gasteiger partial charge in [0.15, 0.2) is 17.8 Å². The van der Waals surface area contributed by atoms with E-state index in [4.69, 9.17) is 18.9 Å². The van der Waals surface area contributed by atoms with Gasteiger partial charge in [0, 0.05) is 13.8 Å². The third-order valence-corrected chi connectivity index (χ3v) is 2.77. The third kappa shape index (κ3) is 2.35. The summed E-state index contributed by atoms with van der Waals surface area (Å²) in [7, 11) is 0. The molecule has 1 aromatic rings. The molecule has 2 aliphatic heterocycles. The van der Waals surface area contributed by atoms with Gasteiger partial charge < -0.3 is 18.9 Å². The summed E-state index contributed by atoms with van der Waals surface area (Å²) in [5.74, 6) is 0.975. The number of hydrogen-bond acceptors (Lipinski definition) is 4. The second kappa shape index (κ2) is 4.30. The van der Waals surface area contributed by atoms with Crippen molar-refractivity contribution in [1.82, 2.24) is 0 Å². The van der Waals surface area contributed by atoms with Crippen LogP contribution >= 0.6 is 0 Å². The fourth-order valence-corrected chi connectivity index (χ4v) is 2.02. The van der Waals surface area contributed by atoms with Crippen molar-refractivity contribution in [3.05, 3.63) is 29.8 Å². The molecule has 0 amide bonds. The fraction of sp³-hybridized carbons (Fsp3) is 0.429. The smallest absolute Gasteiger partial charge is 0.246 e. The van der Waals surface area contributed by atoms with Crippen LogP contribution in [0, 0.1) is 0 Å². The molecule has 2 heterocycles. The lowest BCUT2D eigenvalue weighted by Gasteiger charge is -2.16. The molecule has 4 nitrogen and oxygen atoms in total. The van der Waals surface area contributed by atoms with Crippen molar-refractivity contribution in [2.75, 3.05) is 13.2 Å². The van der Waals surface area contributed by atoms with Crippen LogP contribution in [0.1, 0.15) is 19.4 Å². The van der Waals surface area contributed by atoms with Gasteiger partial charge in [0.1, 0.15) is 0 Å². The maximum absolute atomic E-state index is 5.69. The predicted molar refractivity (Wildman–Crippen MR) is 66.5 cm³/mol. The van der Waals surface area contributed by atoms with E-state index in [9.17, 15) is 0 Å². The first-order valence-electron chi connectivity index (χ1n) is 6.06. The molecule has 0 N–H and O–H groups in total. The summed E-state index contributed by atoms with van der Waals surface area (Å²) in [5, 5.41) is 0. The Bertz CT molecular complexity index is 473. The Hall–Kier alpha value is -1.52. The van der Waals surface area contributed by atoms with Crippen LogP contribution in [0.15, 0.2) is 24.3 Å². The van der Waals surface area contributed by atoms with Crippen LogP contribution in [0.3, 0.4) is 0 Å². The minimum absolute atomic E-state index is 0.230. The molecule has 1 saturated heterocycles. The van der Waals surface area contributed by atoms with Crippen LogP contribution in [0.2, 0.25) is 0 Å². The van der Waals surface area contributed by atoms with Crippen LogP contribution in [-0.4, -0.2) is 25.3 Å². The quantitative estimate of drug-likeness (QED) is 0.806. The van der Waals surface area contributed by atoms with E-state index < -0.39 is 5.79 Å². The van der Waals surface area contributed by atoms with E-state index in [-0.39, 0.29) is 6.29 Å². The van der Waals surface area contributed by atoms with E-state index in [1.165, 1.54) is 0 Å². The molecule has 2 aliphatic rings. The zero-order valence-electron chi connectivity index (χ0n) is 10.5. The van der Waals surface area contributed by atoms with E-state index in [1.807, 2.05) is 44.2 Å². The van der Waals surface area contributed by atoms with Gasteiger partial charge in [-0.15, -0.1) is 0 Å². The topological polar surface area (TPSA) is 36.9 Å². The molecule has 0 saturated carbocycles. The molecule has 0 spiro atoms.